The fourth-order valence-electron chi connectivity index (χ4n) is 2.47. The van der Waals surface area contributed by atoms with E-state index in [1.807, 2.05) is 10.3 Å². The van der Waals surface area contributed by atoms with Crippen molar-refractivity contribution in [1.82, 2.24) is 4.98 Å². The average molecular weight is 307 g/mol. The summed E-state index contributed by atoms with van der Waals surface area (Å²) in [6.45, 7) is 2.91. The predicted octanol–water partition coefficient (Wildman–Crippen LogP) is 2.31. The molecule has 0 radical (unpaired) electrons. The minimum Gasteiger partial charge on any atom is -0.478 e. The van der Waals surface area contributed by atoms with Gasteiger partial charge in [-0.05, 0) is 18.2 Å². The Labute approximate surface area is 125 Å². The summed E-state index contributed by atoms with van der Waals surface area (Å²) in [4.78, 5) is 19.7. The molecule has 0 bridgehead atoms. The molecule has 2 aromatic rings. The fraction of sp³-hybridized carbons (Fsp3) is 0.286. The lowest BCUT2D eigenvalue weighted by Crippen LogP contribution is -2.47. The Bertz CT molecular complexity index is 640. The second-order valence-electron chi connectivity index (χ2n) is 4.76. The van der Waals surface area contributed by atoms with Gasteiger partial charge in [-0.15, -0.1) is 11.3 Å². The fourth-order valence-corrected chi connectivity index (χ4v) is 3.16. The molecule has 0 aliphatic carbocycles. The van der Waals surface area contributed by atoms with Gasteiger partial charge in [-0.3, -0.25) is 0 Å². The number of rotatable bonds is 3. The summed E-state index contributed by atoms with van der Waals surface area (Å²) in [7, 11) is 0. The predicted molar refractivity (Wildman–Crippen MR) is 79.9 cm³/mol. The summed E-state index contributed by atoms with van der Waals surface area (Å²) in [6.07, 6.45) is 1.77. The van der Waals surface area contributed by atoms with Gasteiger partial charge in [-0.1, -0.05) is 0 Å². The van der Waals surface area contributed by atoms with Crippen molar-refractivity contribution in [1.29, 1.82) is 0 Å². The third kappa shape index (κ3) is 2.82. The van der Waals surface area contributed by atoms with Gasteiger partial charge in [0, 0.05) is 37.8 Å². The van der Waals surface area contributed by atoms with Crippen LogP contribution in [0.15, 0.2) is 29.8 Å². The summed E-state index contributed by atoms with van der Waals surface area (Å²) in [5.74, 6) is -1.63. The maximum Gasteiger partial charge on any atom is 0.337 e. The molecule has 0 atom stereocenters. The summed E-state index contributed by atoms with van der Waals surface area (Å²) >= 11 is 1.59. The van der Waals surface area contributed by atoms with E-state index in [9.17, 15) is 14.3 Å². The molecule has 0 amide bonds. The molecule has 0 saturated carbocycles. The lowest BCUT2D eigenvalue weighted by atomic mass is 10.1. The Balaban J connectivity index is 1.76. The van der Waals surface area contributed by atoms with E-state index < -0.39 is 11.8 Å². The van der Waals surface area contributed by atoms with Crippen molar-refractivity contribution in [2.45, 2.75) is 0 Å². The SMILES string of the molecule is O=C(O)c1cc(F)ccc1N1CCN(c2nccs2)CC1. The average Bonchev–Trinajstić information content (AvgIpc) is 3.01. The van der Waals surface area contributed by atoms with Crippen LogP contribution in [0.1, 0.15) is 10.4 Å². The monoisotopic (exact) mass is 307 g/mol. The van der Waals surface area contributed by atoms with Crippen LogP contribution in [0.2, 0.25) is 0 Å². The lowest BCUT2D eigenvalue weighted by Gasteiger charge is -2.36. The molecule has 1 saturated heterocycles. The van der Waals surface area contributed by atoms with Gasteiger partial charge >= 0.3 is 5.97 Å². The lowest BCUT2D eigenvalue weighted by molar-refractivity contribution is 0.0697. The molecule has 7 heteroatoms. The summed E-state index contributed by atoms with van der Waals surface area (Å²) in [6, 6.07) is 3.91. The van der Waals surface area contributed by atoms with Crippen LogP contribution in [-0.2, 0) is 0 Å². The molecule has 2 heterocycles. The van der Waals surface area contributed by atoms with Gasteiger partial charge in [0.2, 0.25) is 0 Å². The van der Waals surface area contributed by atoms with E-state index >= 15 is 0 Å². The number of carbonyl (C=O) groups is 1. The van der Waals surface area contributed by atoms with Gasteiger partial charge in [-0.25, -0.2) is 14.2 Å². The normalized spacial score (nSPS) is 15.3. The van der Waals surface area contributed by atoms with E-state index in [-0.39, 0.29) is 5.56 Å². The largest absolute Gasteiger partial charge is 0.478 e. The Kier molecular flexibility index (Phi) is 3.74. The standard InChI is InChI=1S/C14H14FN3O2S/c15-10-1-2-12(11(9-10)13(19)20)17-4-6-18(7-5-17)14-16-3-8-21-14/h1-3,8-9H,4-7H2,(H,19,20). The first-order valence-electron chi connectivity index (χ1n) is 6.57. The third-order valence-corrected chi connectivity index (χ3v) is 4.33. The third-order valence-electron chi connectivity index (χ3n) is 3.50. The van der Waals surface area contributed by atoms with Crippen molar-refractivity contribution >= 4 is 28.1 Å². The Morgan fingerprint density at radius 1 is 1.24 bits per heavy atom. The Morgan fingerprint density at radius 2 is 1.95 bits per heavy atom. The van der Waals surface area contributed by atoms with Gasteiger partial charge in [0.05, 0.1) is 11.3 Å². The molecule has 1 aromatic carbocycles. The van der Waals surface area contributed by atoms with Crippen LogP contribution in [0.3, 0.4) is 0 Å². The number of thiazole rings is 1. The molecular weight excluding hydrogens is 293 g/mol. The highest BCUT2D eigenvalue weighted by Crippen LogP contribution is 2.25. The number of hydrogen-bond donors (Lipinski definition) is 1. The van der Waals surface area contributed by atoms with Crippen LogP contribution in [0.5, 0.6) is 0 Å². The quantitative estimate of drug-likeness (QED) is 0.943. The van der Waals surface area contributed by atoms with E-state index in [4.69, 9.17) is 0 Å². The molecule has 1 N–H and O–H groups in total. The van der Waals surface area contributed by atoms with E-state index in [2.05, 4.69) is 9.88 Å². The van der Waals surface area contributed by atoms with Gasteiger partial charge in [0.15, 0.2) is 5.13 Å². The van der Waals surface area contributed by atoms with Gasteiger partial charge in [-0.2, -0.15) is 0 Å². The number of anilines is 2. The van der Waals surface area contributed by atoms with Gasteiger partial charge in [0.25, 0.3) is 0 Å². The Morgan fingerprint density at radius 3 is 2.57 bits per heavy atom. The highest BCUT2D eigenvalue weighted by atomic mass is 32.1. The van der Waals surface area contributed by atoms with Crippen LogP contribution in [0.4, 0.5) is 15.2 Å². The maximum absolute atomic E-state index is 13.2. The molecule has 110 valence electrons. The maximum atomic E-state index is 13.2. The van der Waals surface area contributed by atoms with E-state index in [1.54, 1.807) is 17.5 Å². The number of nitrogens with zero attached hydrogens (tertiary/aromatic N) is 3. The zero-order valence-electron chi connectivity index (χ0n) is 11.2. The van der Waals surface area contributed by atoms with Crippen molar-refractivity contribution in [3.8, 4) is 0 Å². The van der Waals surface area contributed by atoms with Gasteiger partial charge in [0.1, 0.15) is 5.82 Å². The van der Waals surface area contributed by atoms with Gasteiger partial charge < -0.3 is 14.9 Å². The topological polar surface area (TPSA) is 56.7 Å². The number of aromatic nitrogens is 1. The summed E-state index contributed by atoms with van der Waals surface area (Å²) < 4.78 is 13.2. The zero-order valence-corrected chi connectivity index (χ0v) is 12.0. The number of hydrogen-bond acceptors (Lipinski definition) is 5. The molecule has 21 heavy (non-hydrogen) atoms. The van der Waals surface area contributed by atoms with E-state index in [0.717, 1.165) is 24.3 Å². The smallest absolute Gasteiger partial charge is 0.337 e. The van der Waals surface area contributed by atoms with Crippen molar-refractivity contribution in [3.63, 3.8) is 0 Å². The zero-order chi connectivity index (χ0) is 14.8. The number of carboxylic acids is 1. The highest BCUT2D eigenvalue weighted by molar-refractivity contribution is 7.13. The number of aromatic carboxylic acids is 1. The second-order valence-corrected chi connectivity index (χ2v) is 5.63. The van der Waals surface area contributed by atoms with Crippen molar-refractivity contribution in [3.05, 3.63) is 41.2 Å². The molecule has 3 rings (SSSR count). The number of benzene rings is 1. The van der Waals surface area contributed by atoms with Crippen molar-refractivity contribution < 1.29 is 14.3 Å². The van der Waals surface area contributed by atoms with E-state index in [0.29, 0.717) is 18.8 Å². The van der Waals surface area contributed by atoms with E-state index in [1.165, 1.54) is 12.1 Å². The summed E-state index contributed by atoms with van der Waals surface area (Å²) in [5.41, 5.74) is 0.584. The van der Waals surface area contributed by atoms with Crippen LogP contribution < -0.4 is 9.80 Å². The molecule has 1 aliphatic rings. The minimum absolute atomic E-state index is 0.0118. The summed E-state index contributed by atoms with van der Waals surface area (Å²) in [5, 5.41) is 12.1. The first kappa shape index (κ1) is 13.8. The molecular formula is C14H14FN3O2S. The minimum atomic E-state index is -1.10. The first-order chi connectivity index (χ1) is 10.1. The highest BCUT2D eigenvalue weighted by Gasteiger charge is 2.22. The van der Waals surface area contributed by atoms with Crippen LogP contribution >= 0.6 is 11.3 Å². The van der Waals surface area contributed by atoms with Crippen LogP contribution in [0, 0.1) is 5.82 Å². The molecule has 0 unspecified atom stereocenters. The molecule has 1 aromatic heterocycles. The number of halogens is 1. The number of piperazine rings is 1. The second kappa shape index (κ2) is 5.69. The first-order valence-corrected chi connectivity index (χ1v) is 7.45. The Hall–Kier alpha value is -2.15. The van der Waals surface area contributed by atoms with Crippen molar-refractivity contribution in [2.75, 3.05) is 36.0 Å². The van der Waals surface area contributed by atoms with Crippen LogP contribution in [0.25, 0.3) is 0 Å². The molecule has 0 spiro atoms. The molecule has 1 aliphatic heterocycles. The number of carboxylic acid groups (broad SMARTS) is 1. The van der Waals surface area contributed by atoms with Crippen LogP contribution in [-0.4, -0.2) is 42.2 Å². The molecule has 5 nitrogen and oxygen atoms in total. The van der Waals surface area contributed by atoms with Crippen molar-refractivity contribution in [2.24, 2.45) is 0 Å². The molecule has 1 fully saturated rings.